The molecule has 104 valence electrons. The van der Waals surface area contributed by atoms with Gasteiger partial charge in [0.05, 0.1) is 12.0 Å². The second-order valence-electron chi connectivity index (χ2n) is 4.48. The Morgan fingerprint density at radius 2 is 1.95 bits per heavy atom. The van der Waals surface area contributed by atoms with Gasteiger partial charge in [-0.25, -0.2) is 0 Å². The van der Waals surface area contributed by atoms with Crippen LogP contribution >= 0.6 is 0 Å². The van der Waals surface area contributed by atoms with Crippen molar-refractivity contribution < 1.29 is 14.7 Å². The molecule has 2 atom stereocenters. The maximum atomic E-state index is 11.8. The van der Waals surface area contributed by atoms with Gasteiger partial charge in [-0.2, -0.15) is 0 Å². The van der Waals surface area contributed by atoms with Gasteiger partial charge in [-0.05, 0) is 18.4 Å². The number of carboxylic acid groups (broad SMARTS) is 1. The molecule has 0 fully saturated rings. The van der Waals surface area contributed by atoms with Crippen molar-refractivity contribution >= 4 is 11.9 Å². The summed E-state index contributed by atoms with van der Waals surface area (Å²) < 4.78 is 0. The Hall–Kier alpha value is -1.88. The molecule has 5 heteroatoms. The predicted molar refractivity (Wildman–Crippen MR) is 72.5 cm³/mol. The summed E-state index contributed by atoms with van der Waals surface area (Å²) in [6.45, 7) is 1.89. The van der Waals surface area contributed by atoms with Crippen molar-refractivity contribution in [2.45, 2.75) is 25.8 Å². The van der Waals surface area contributed by atoms with Crippen molar-refractivity contribution in [3.05, 3.63) is 35.9 Å². The number of hydrogen-bond donors (Lipinski definition) is 3. The molecule has 5 nitrogen and oxygen atoms in total. The van der Waals surface area contributed by atoms with Crippen LogP contribution in [0.3, 0.4) is 0 Å². The van der Waals surface area contributed by atoms with E-state index in [-0.39, 0.29) is 12.5 Å². The summed E-state index contributed by atoms with van der Waals surface area (Å²) in [6, 6.07) is 8.81. The minimum atomic E-state index is -0.903. The molecule has 0 spiro atoms. The Labute approximate surface area is 112 Å². The van der Waals surface area contributed by atoms with Crippen molar-refractivity contribution in [2.24, 2.45) is 11.7 Å². The smallest absolute Gasteiger partial charge is 0.308 e. The molecule has 0 saturated carbocycles. The third-order valence-electron chi connectivity index (χ3n) is 3.00. The molecule has 0 aliphatic carbocycles. The molecule has 0 aliphatic rings. The first kappa shape index (κ1) is 15.2. The average molecular weight is 264 g/mol. The SMILES string of the molecule is CCC(CNC(=O)[C@H](N)Cc1ccccc1)C(=O)O. The van der Waals surface area contributed by atoms with Crippen LogP contribution in [0.5, 0.6) is 0 Å². The molecule has 0 heterocycles. The van der Waals surface area contributed by atoms with Gasteiger partial charge in [0.25, 0.3) is 0 Å². The molecular weight excluding hydrogens is 244 g/mol. The lowest BCUT2D eigenvalue weighted by atomic mass is 10.0. The summed E-state index contributed by atoms with van der Waals surface area (Å²) in [7, 11) is 0. The van der Waals surface area contributed by atoms with Gasteiger partial charge >= 0.3 is 5.97 Å². The second-order valence-corrected chi connectivity index (χ2v) is 4.48. The quantitative estimate of drug-likeness (QED) is 0.678. The van der Waals surface area contributed by atoms with E-state index < -0.39 is 17.9 Å². The number of rotatable bonds is 7. The van der Waals surface area contributed by atoms with Gasteiger partial charge in [-0.15, -0.1) is 0 Å². The number of carbonyl (C=O) groups is 2. The highest BCUT2D eigenvalue weighted by Gasteiger charge is 2.19. The summed E-state index contributed by atoms with van der Waals surface area (Å²) in [5, 5.41) is 11.5. The Morgan fingerprint density at radius 3 is 2.47 bits per heavy atom. The number of hydrogen-bond acceptors (Lipinski definition) is 3. The van der Waals surface area contributed by atoms with E-state index in [4.69, 9.17) is 10.8 Å². The molecule has 4 N–H and O–H groups in total. The van der Waals surface area contributed by atoms with Crippen LogP contribution in [0.25, 0.3) is 0 Å². The van der Waals surface area contributed by atoms with Crippen molar-refractivity contribution in [3.8, 4) is 0 Å². The van der Waals surface area contributed by atoms with Gasteiger partial charge in [0.1, 0.15) is 0 Å². The summed E-state index contributed by atoms with van der Waals surface area (Å²) in [5.41, 5.74) is 6.78. The zero-order valence-electron chi connectivity index (χ0n) is 11.0. The van der Waals surface area contributed by atoms with E-state index in [2.05, 4.69) is 5.32 Å². The van der Waals surface area contributed by atoms with Crippen LogP contribution in [-0.4, -0.2) is 29.6 Å². The Morgan fingerprint density at radius 1 is 1.32 bits per heavy atom. The van der Waals surface area contributed by atoms with Crippen LogP contribution in [0, 0.1) is 5.92 Å². The van der Waals surface area contributed by atoms with Crippen molar-refractivity contribution in [1.82, 2.24) is 5.32 Å². The third kappa shape index (κ3) is 5.09. The summed E-state index contributed by atoms with van der Waals surface area (Å²) in [6.07, 6.45) is 0.917. The van der Waals surface area contributed by atoms with Crippen LogP contribution in [0.2, 0.25) is 0 Å². The number of carbonyl (C=O) groups excluding carboxylic acids is 1. The van der Waals surface area contributed by atoms with Gasteiger partial charge in [0.15, 0.2) is 0 Å². The van der Waals surface area contributed by atoms with Gasteiger partial charge in [-0.1, -0.05) is 37.3 Å². The molecule has 0 saturated heterocycles. The topological polar surface area (TPSA) is 92.4 Å². The van der Waals surface area contributed by atoms with Crippen molar-refractivity contribution in [2.75, 3.05) is 6.54 Å². The maximum Gasteiger partial charge on any atom is 0.308 e. The van der Waals surface area contributed by atoms with Gasteiger partial charge in [-0.3, -0.25) is 9.59 Å². The molecule has 0 bridgehead atoms. The van der Waals surface area contributed by atoms with E-state index in [0.29, 0.717) is 12.8 Å². The van der Waals surface area contributed by atoms with E-state index in [0.717, 1.165) is 5.56 Å². The van der Waals surface area contributed by atoms with Crippen LogP contribution < -0.4 is 11.1 Å². The first-order valence-corrected chi connectivity index (χ1v) is 6.34. The molecule has 1 aromatic rings. The third-order valence-corrected chi connectivity index (χ3v) is 3.00. The minimum absolute atomic E-state index is 0.118. The van der Waals surface area contributed by atoms with E-state index >= 15 is 0 Å². The Balaban J connectivity index is 2.43. The summed E-state index contributed by atoms with van der Waals surface area (Å²) in [4.78, 5) is 22.6. The fourth-order valence-corrected chi connectivity index (χ4v) is 1.72. The Kier molecular flexibility index (Phi) is 6.02. The molecule has 0 radical (unpaired) electrons. The number of amides is 1. The van der Waals surface area contributed by atoms with Gasteiger partial charge < -0.3 is 16.2 Å². The zero-order chi connectivity index (χ0) is 14.3. The molecule has 19 heavy (non-hydrogen) atoms. The second kappa shape index (κ2) is 7.53. The highest BCUT2D eigenvalue weighted by molar-refractivity contribution is 5.82. The predicted octanol–water partition coefficient (Wildman–Crippen LogP) is 0.783. The van der Waals surface area contributed by atoms with Crippen LogP contribution in [0.1, 0.15) is 18.9 Å². The van der Waals surface area contributed by atoms with E-state index in [9.17, 15) is 9.59 Å². The highest BCUT2D eigenvalue weighted by Crippen LogP contribution is 2.03. The standard InChI is InChI=1S/C14H20N2O3/c1-2-11(14(18)19)9-16-13(17)12(15)8-10-6-4-3-5-7-10/h3-7,11-12H,2,8-9,15H2,1H3,(H,16,17)(H,18,19)/t11?,12-/m1/s1. The molecule has 1 amide bonds. The monoisotopic (exact) mass is 264 g/mol. The lowest BCUT2D eigenvalue weighted by Crippen LogP contribution is -2.44. The lowest BCUT2D eigenvalue weighted by molar-refractivity contribution is -0.141. The lowest BCUT2D eigenvalue weighted by Gasteiger charge is -2.15. The number of nitrogens with two attached hydrogens (primary N) is 1. The number of benzene rings is 1. The fraction of sp³-hybridized carbons (Fsp3) is 0.429. The van der Waals surface area contributed by atoms with Crippen molar-refractivity contribution in [1.29, 1.82) is 0 Å². The van der Waals surface area contributed by atoms with Crippen molar-refractivity contribution in [3.63, 3.8) is 0 Å². The zero-order valence-corrected chi connectivity index (χ0v) is 11.0. The largest absolute Gasteiger partial charge is 0.481 e. The van der Waals surface area contributed by atoms with Gasteiger partial charge in [0, 0.05) is 6.54 Å². The number of nitrogens with one attached hydrogen (secondary N) is 1. The average Bonchev–Trinajstić information content (AvgIpc) is 2.39. The van der Waals surface area contributed by atoms with E-state index in [1.54, 1.807) is 6.92 Å². The van der Waals surface area contributed by atoms with Gasteiger partial charge in [0.2, 0.25) is 5.91 Å². The van der Waals surface area contributed by atoms with E-state index in [1.807, 2.05) is 30.3 Å². The minimum Gasteiger partial charge on any atom is -0.481 e. The van der Waals surface area contributed by atoms with E-state index in [1.165, 1.54) is 0 Å². The highest BCUT2D eigenvalue weighted by atomic mass is 16.4. The molecule has 0 aliphatic heterocycles. The molecule has 1 aromatic carbocycles. The fourth-order valence-electron chi connectivity index (χ4n) is 1.72. The first-order valence-electron chi connectivity index (χ1n) is 6.34. The number of carboxylic acids is 1. The first-order chi connectivity index (χ1) is 9.04. The summed E-state index contributed by atoms with van der Waals surface area (Å²) in [5.74, 6) is -1.78. The molecule has 1 rings (SSSR count). The molecule has 0 aromatic heterocycles. The normalized spacial score (nSPS) is 13.6. The summed E-state index contributed by atoms with van der Waals surface area (Å²) >= 11 is 0. The van der Waals surface area contributed by atoms with Crippen LogP contribution in [-0.2, 0) is 16.0 Å². The van der Waals surface area contributed by atoms with Crippen LogP contribution in [0.15, 0.2) is 30.3 Å². The molecular formula is C14H20N2O3. The maximum absolute atomic E-state index is 11.8. The molecule has 1 unspecified atom stereocenters. The van der Waals surface area contributed by atoms with Crippen LogP contribution in [0.4, 0.5) is 0 Å². The Bertz CT molecular complexity index is 420. The number of aliphatic carboxylic acids is 1.